The Kier molecular flexibility index (Phi) is 5.23. The normalized spacial score (nSPS) is 29.7. The fourth-order valence-corrected chi connectivity index (χ4v) is 3.60. The average molecular weight is 293 g/mol. The zero-order valence-electron chi connectivity index (χ0n) is 13.1. The fraction of sp³-hybridized carbons (Fsp3) is 0.875. The molecule has 2 aliphatic rings. The van der Waals surface area contributed by atoms with E-state index in [2.05, 4.69) is 11.0 Å². The van der Waals surface area contributed by atoms with Crippen LogP contribution in [0.3, 0.4) is 0 Å². The molecule has 1 unspecified atom stereocenters. The summed E-state index contributed by atoms with van der Waals surface area (Å²) in [5.74, 6) is -0.219. The number of carbonyl (C=O) groups is 1. The smallest absolute Gasteiger partial charge is 0.237 e. The van der Waals surface area contributed by atoms with Crippen LogP contribution in [0.1, 0.15) is 51.9 Å². The molecule has 0 radical (unpaired) electrons. The van der Waals surface area contributed by atoms with E-state index < -0.39 is 5.54 Å². The Morgan fingerprint density at radius 1 is 1.33 bits per heavy atom. The number of nitrogens with zero attached hydrogens (tertiary/aromatic N) is 2. The van der Waals surface area contributed by atoms with Gasteiger partial charge in [-0.1, -0.05) is 0 Å². The van der Waals surface area contributed by atoms with Crippen molar-refractivity contribution in [2.24, 2.45) is 11.1 Å². The Bertz CT molecular complexity index is 412. The molecular weight excluding hydrogens is 266 g/mol. The highest BCUT2D eigenvalue weighted by Gasteiger charge is 2.40. The molecule has 0 aromatic carbocycles. The predicted molar refractivity (Wildman–Crippen MR) is 80.4 cm³/mol. The Hall–Kier alpha value is -1.12. The van der Waals surface area contributed by atoms with Gasteiger partial charge in [-0.25, -0.2) is 0 Å². The Morgan fingerprint density at radius 2 is 2.05 bits per heavy atom. The zero-order valence-corrected chi connectivity index (χ0v) is 13.1. The number of hydrogen-bond donors (Lipinski definition) is 1. The lowest BCUT2D eigenvalue weighted by atomic mass is 9.77. The van der Waals surface area contributed by atoms with Gasteiger partial charge in [-0.3, -0.25) is 9.69 Å². The van der Waals surface area contributed by atoms with Crippen LogP contribution in [0.25, 0.3) is 0 Å². The Labute approximate surface area is 127 Å². The van der Waals surface area contributed by atoms with Crippen molar-refractivity contribution < 1.29 is 9.53 Å². The van der Waals surface area contributed by atoms with Crippen LogP contribution in [0.2, 0.25) is 0 Å². The lowest BCUT2D eigenvalue weighted by Gasteiger charge is -2.43. The maximum absolute atomic E-state index is 11.8. The molecule has 1 amide bonds. The van der Waals surface area contributed by atoms with E-state index >= 15 is 0 Å². The molecule has 2 N–H and O–H groups in total. The summed E-state index contributed by atoms with van der Waals surface area (Å²) < 4.78 is 5.36. The van der Waals surface area contributed by atoms with Gasteiger partial charge in [0.05, 0.1) is 17.0 Å². The van der Waals surface area contributed by atoms with Crippen LogP contribution in [0.4, 0.5) is 0 Å². The SMILES string of the molecule is CC1(C(N)=O)CCCCN1CCCC1(C#N)CCOCC1. The molecule has 0 aliphatic carbocycles. The lowest BCUT2D eigenvalue weighted by molar-refractivity contribution is -0.131. The maximum atomic E-state index is 11.8. The highest BCUT2D eigenvalue weighted by molar-refractivity contribution is 5.84. The fourth-order valence-electron chi connectivity index (χ4n) is 3.60. The first-order chi connectivity index (χ1) is 10.0. The third kappa shape index (κ3) is 3.56. The number of likely N-dealkylation sites (tertiary alicyclic amines) is 1. The number of primary amides is 1. The summed E-state index contributed by atoms with van der Waals surface area (Å²) in [6.45, 7) is 5.13. The number of carbonyl (C=O) groups excluding carboxylic acids is 1. The molecule has 0 aromatic rings. The standard InChI is InChI=1S/C16H27N3O2/c1-15(14(18)20)5-2-3-9-19(15)10-4-6-16(13-17)7-11-21-12-8-16/h2-12H2,1H3,(H2,18,20). The van der Waals surface area contributed by atoms with Crippen LogP contribution >= 0.6 is 0 Å². The number of amides is 1. The average Bonchev–Trinajstić information content (AvgIpc) is 2.50. The molecule has 5 heteroatoms. The zero-order chi connectivity index (χ0) is 15.3. The predicted octanol–water partition coefficient (Wildman–Crippen LogP) is 1.82. The highest BCUT2D eigenvalue weighted by atomic mass is 16.5. The second kappa shape index (κ2) is 6.76. The monoisotopic (exact) mass is 293 g/mol. The number of rotatable bonds is 5. The van der Waals surface area contributed by atoms with E-state index in [1.54, 1.807) is 0 Å². The summed E-state index contributed by atoms with van der Waals surface area (Å²) in [7, 11) is 0. The van der Waals surface area contributed by atoms with Gasteiger partial charge in [-0.05, 0) is 65.0 Å². The number of ether oxygens (including phenoxy) is 1. The molecule has 2 aliphatic heterocycles. The molecule has 2 heterocycles. The van der Waals surface area contributed by atoms with Crippen molar-refractivity contribution in [1.82, 2.24) is 4.90 Å². The first kappa shape index (κ1) is 16.3. The minimum Gasteiger partial charge on any atom is -0.381 e. The van der Waals surface area contributed by atoms with E-state index in [0.717, 1.165) is 58.0 Å². The summed E-state index contributed by atoms with van der Waals surface area (Å²) in [4.78, 5) is 14.0. The van der Waals surface area contributed by atoms with Crippen LogP contribution in [0.5, 0.6) is 0 Å². The number of nitriles is 1. The van der Waals surface area contributed by atoms with Crippen LogP contribution < -0.4 is 5.73 Å². The minimum absolute atomic E-state index is 0.219. The van der Waals surface area contributed by atoms with E-state index in [0.29, 0.717) is 13.2 Å². The molecule has 2 rings (SSSR count). The van der Waals surface area contributed by atoms with Crippen molar-refractivity contribution in [1.29, 1.82) is 5.26 Å². The minimum atomic E-state index is -0.506. The molecule has 0 saturated carbocycles. The van der Waals surface area contributed by atoms with Gasteiger partial charge in [-0.15, -0.1) is 0 Å². The van der Waals surface area contributed by atoms with E-state index in [1.165, 1.54) is 0 Å². The molecular formula is C16H27N3O2. The van der Waals surface area contributed by atoms with E-state index in [9.17, 15) is 10.1 Å². The quantitative estimate of drug-likeness (QED) is 0.838. The Morgan fingerprint density at radius 3 is 2.67 bits per heavy atom. The van der Waals surface area contributed by atoms with Crippen molar-refractivity contribution >= 4 is 5.91 Å². The van der Waals surface area contributed by atoms with Gasteiger partial charge in [0, 0.05) is 13.2 Å². The molecule has 1 atom stereocenters. The van der Waals surface area contributed by atoms with Crippen LogP contribution in [-0.2, 0) is 9.53 Å². The summed E-state index contributed by atoms with van der Waals surface area (Å²) >= 11 is 0. The van der Waals surface area contributed by atoms with Crippen molar-refractivity contribution in [3.63, 3.8) is 0 Å². The molecule has 118 valence electrons. The third-order valence-electron chi connectivity index (χ3n) is 5.34. The molecule has 2 fully saturated rings. The lowest BCUT2D eigenvalue weighted by Crippen LogP contribution is -2.58. The van der Waals surface area contributed by atoms with Crippen molar-refractivity contribution in [2.45, 2.75) is 57.4 Å². The molecule has 2 saturated heterocycles. The summed E-state index contributed by atoms with van der Waals surface area (Å²) in [6, 6.07) is 2.51. The topological polar surface area (TPSA) is 79.4 Å². The second-order valence-electron chi connectivity index (χ2n) is 6.69. The van der Waals surface area contributed by atoms with E-state index in [-0.39, 0.29) is 11.3 Å². The Balaban J connectivity index is 1.89. The molecule has 0 spiro atoms. The number of piperidine rings is 1. The van der Waals surface area contributed by atoms with Crippen LogP contribution in [0, 0.1) is 16.7 Å². The van der Waals surface area contributed by atoms with Crippen LogP contribution in [0.15, 0.2) is 0 Å². The first-order valence-corrected chi connectivity index (χ1v) is 8.06. The maximum Gasteiger partial charge on any atom is 0.237 e. The van der Waals surface area contributed by atoms with Gasteiger partial charge < -0.3 is 10.5 Å². The van der Waals surface area contributed by atoms with Crippen LogP contribution in [-0.4, -0.2) is 42.6 Å². The second-order valence-corrected chi connectivity index (χ2v) is 6.69. The number of hydrogen-bond acceptors (Lipinski definition) is 4. The van der Waals surface area contributed by atoms with Gasteiger partial charge in [0.1, 0.15) is 0 Å². The molecule has 5 nitrogen and oxygen atoms in total. The van der Waals surface area contributed by atoms with E-state index in [4.69, 9.17) is 10.5 Å². The molecule has 21 heavy (non-hydrogen) atoms. The highest BCUT2D eigenvalue weighted by Crippen LogP contribution is 2.35. The van der Waals surface area contributed by atoms with Crippen molar-refractivity contribution in [3.8, 4) is 6.07 Å². The first-order valence-electron chi connectivity index (χ1n) is 8.06. The van der Waals surface area contributed by atoms with Gasteiger partial charge in [0.25, 0.3) is 0 Å². The largest absolute Gasteiger partial charge is 0.381 e. The summed E-state index contributed by atoms with van der Waals surface area (Å²) in [5.41, 5.74) is 4.88. The third-order valence-corrected chi connectivity index (χ3v) is 5.34. The summed E-state index contributed by atoms with van der Waals surface area (Å²) in [6.07, 6.45) is 6.52. The molecule has 0 bridgehead atoms. The van der Waals surface area contributed by atoms with Gasteiger partial charge in [-0.2, -0.15) is 5.26 Å². The van der Waals surface area contributed by atoms with E-state index in [1.807, 2.05) is 6.92 Å². The molecule has 0 aromatic heterocycles. The van der Waals surface area contributed by atoms with Gasteiger partial charge in [0.2, 0.25) is 5.91 Å². The van der Waals surface area contributed by atoms with Gasteiger partial charge in [0.15, 0.2) is 0 Å². The number of nitrogens with two attached hydrogens (primary N) is 1. The van der Waals surface area contributed by atoms with Gasteiger partial charge >= 0.3 is 0 Å². The van der Waals surface area contributed by atoms with Crippen molar-refractivity contribution in [2.75, 3.05) is 26.3 Å². The summed E-state index contributed by atoms with van der Waals surface area (Å²) in [5, 5.41) is 9.48. The van der Waals surface area contributed by atoms with Crippen molar-refractivity contribution in [3.05, 3.63) is 0 Å².